The van der Waals surface area contributed by atoms with Gasteiger partial charge in [-0.05, 0) is 29.8 Å². The Kier molecular flexibility index (Phi) is 5.90. The second kappa shape index (κ2) is 8.38. The van der Waals surface area contributed by atoms with Crippen molar-refractivity contribution < 1.29 is 13.2 Å². The SMILES string of the molecule is CN(C)S(=O)(=O)c1cccc(NC(=O)c2ccc(=O)n(Cc3ccccc3)n2)c1. The summed E-state index contributed by atoms with van der Waals surface area (Å²) in [5.74, 6) is -0.550. The molecule has 2 aromatic carbocycles. The molecule has 0 atom stereocenters. The van der Waals surface area contributed by atoms with E-state index in [4.69, 9.17) is 0 Å². The van der Waals surface area contributed by atoms with Gasteiger partial charge in [-0.15, -0.1) is 0 Å². The summed E-state index contributed by atoms with van der Waals surface area (Å²) in [5, 5.41) is 6.75. The number of sulfonamides is 1. The normalized spacial score (nSPS) is 11.4. The van der Waals surface area contributed by atoms with Gasteiger partial charge < -0.3 is 5.32 Å². The summed E-state index contributed by atoms with van der Waals surface area (Å²) in [7, 11) is -0.764. The average molecular weight is 412 g/mol. The lowest BCUT2D eigenvalue weighted by Crippen LogP contribution is -2.26. The maximum absolute atomic E-state index is 12.6. The molecule has 1 N–H and O–H groups in total. The van der Waals surface area contributed by atoms with Crippen molar-refractivity contribution in [3.05, 3.63) is 88.3 Å². The van der Waals surface area contributed by atoms with Crippen molar-refractivity contribution >= 4 is 21.6 Å². The zero-order valence-corrected chi connectivity index (χ0v) is 16.8. The van der Waals surface area contributed by atoms with Crippen molar-refractivity contribution in [3.8, 4) is 0 Å². The minimum Gasteiger partial charge on any atom is -0.321 e. The van der Waals surface area contributed by atoms with E-state index in [2.05, 4.69) is 10.4 Å². The number of nitrogens with zero attached hydrogens (tertiary/aromatic N) is 3. The summed E-state index contributed by atoms with van der Waals surface area (Å²) in [5.41, 5.74) is 0.896. The lowest BCUT2D eigenvalue weighted by atomic mass is 10.2. The van der Waals surface area contributed by atoms with Crippen molar-refractivity contribution in [2.75, 3.05) is 19.4 Å². The van der Waals surface area contributed by atoms with E-state index in [1.54, 1.807) is 6.07 Å². The number of hydrogen-bond acceptors (Lipinski definition) is 5. The first kappa shape index (κ1) is 20.4. The number of nitrogens with one attached hydrogen (secondary N) is 1. The van der Waals surface area contributed by atoms with Crippen LogP contribution in [0.3, 0.4) is 0 Å². The maximum Gasteiger partial charge on any atom is 0.276 e. The Bertz CT molecular complexity index is 1190. The van der Waals surface area contributed by atoms with Gasteiger partial charge in [-0.2, -0.15) is 5.10 Å². The zero-order chi connectivity index (χ0) is 21.0. The Morgan fingerprint density at radius 1 is 1.03 bits per heavy atom. The van der Waals surface area contributed by atoms with E-state index in [-0.39, 0.29) is 22.7 Å². The monoisotopic (exact) mass is 412 g/mol. The molecule has 0 fully saturated rings. The summed E-state index contributed by atoms with van der Waals surface area (Å²) in [4.78, 5) is 24.7. The van der Waals surface area contributed by atoms with Crippen LogP contribution in [-0.2, 0) is 16.6 Å². The smallest absolute Gasteiger partial charge is 0.276 e. The number of carbonyl (C=O) groups is 1. The number of rotatable bonds is 6. The van der Waals surface area contributed by atoms with Gasteiger partial charge in [0.15, 0.2) is 0 Å². The van der Waals surface area contributed by atoms with Gasteiger partial charge >= 0.3 is 0 Å². The van der Waals surface area contributed by atoms with E-state index < -0.39 is 15.9 Å². The fraction of sp³-hybridized carbons (Fsp3) is 0.150. The van der Waals surface area contributed by atoms with Gasteiger partial charge in [0.25, 0.3) is 11.5 Å². The van der Waals surface area contributed by atoms with E-state index in [0.717, 1.165) is 9.87 Å². The standard InChI is InChI=1S/C20H20N4O4S/c1-23(2)29(27,28)17-10-6-9-16(13-17)21-20(26)18-11-12-19(25)24(22-18)14-15-7-4-3-5-8-15/h3-13H,14H2,1-2H3,(H,21,26). The molecule has 1 amide bonds. The molecule has 0 unspecified atom stereocenters. The molecule has 1 heterocycles. The third-order valence-corrected chi connectivity index (χ3v) is 5.96. The summed E-state index contributed by atoms with van der Waals surface area (Å²) in [6.45, 7) is 0.233. The number of carbonyl (C=O) groups excluding carboxylic acids is 1. The summed E-state index contributed by atoms with van der Waals surface area (Å²) >= 11 is 0. The van der Waals surface area contributed by atoms with Crippen LogP contribution in [0.4, 0.5) is 5.69 Å². The van der Waals surface area contributed by atoms with Crippen molar-refractivity contribution in [1.82, 2.24) is 14.1 Å². The molecule has 0 saturated carbocycles. The lowest BCUT2D eigenvalue weighted by Gasteiger charge is -2.13. The molecule has 0 aliphatic rings. The molecule has 9 heteroatoms. The maximum atomic E-state index is 12.6. The Balaban J connectivity index is 1.83. The highest BCUT2D eigenvalue weighted by atomic mass is 32.2. The molecule has 29 heavy (non-hydrogen) atoms. The van der Waals surface area contributed by atoms with Crippen LogP contribution in [0, 0.1) is 0 Å². The highest BCUT2D eigenvalue weighted by Gasteiger charge is 2.18. The third-order valence-electron chi connectivity index (χ3n) is 4.14. The molecule has 0 spiro atoms. The van der Waals surface area contributed by atoms with Gasteiger partial charge in [0, 0.05) is 25.8 Å². The summed E-state index contributed by atoms with van der Waals surface area (Å²) in [6.07, 6.45) is 0. The largest absolute Gasteiger partial charge is 0.321 e. The van der Waals surface area contributed by atoms with Gasteiger partial charge in [-0.1, -0.05) is 36.4 Å². The van der Waals surface area contributed by atoms with Crippen LogP contribution < -0.4 is 10.9 Å². The molecule has 3 rings (SSSR count). The second-order valence-corrected chi connectivity index (χ2v) is 8.62. The number of hydrogen-bond donors (Lipinski definition) is 1. The molecule has 150 valence electrons. The van der Waals surface area contributed by atoms with Crippen molar-refractivity contribution in [1.29, 1.82) is 0 Å². The van der Waals surface area contributed by atoms with Crippen LogP contribution >= 0.6 is 0 Å². The van der Waals surface area contributed by atoms with E-state index in [1.807, 2.05) is 30.3 Å². The summed E-state index contributed by atoms with van der Waals surface area (Å²) in [6, 6.07) is 17.8. The molecule has 0 aliphatic heterocycles. The first-order chi connectivity index (χ1) is 13.8. The van der Waals surface area contributed by atoms with Crippen molar-refractivity contribution in [2.24, 2.45) is 0 Å². The Hall–Kier alpha value is -3.30. The number of aromatic nitrogens is 2. The number of amides is 1. The highest BCUT2D eigenvalue weighted by Crippen LogP contribution is 2.18. The molecule has 0 saturated heterocycles. The number of benzene rings is 2. The van der Waals surface area contributed by atoms with Gasteiger partial charge in [0.2, 0.25) is 10.0 Å². The highest BCUT2D eigenvalue weighted by molar-refractivity contribution is 7.89. The Morgan fingerprint density at radius 3 is 2.45 bits per heavy atom. The Morgan fingerprint density at radius 2 is 1.76 bits per heavy atom. The predicted octanol–water partition coefficient (Wildman–Crippen LogP) is 1.79. The van der Waals surface area contributed by atoms with E-state index in [9.17, 15) is 18.0 Å². The van der Waals surface area contributed by atoms with Crippen molar-refractivity contribution in [3.63, 3.8) is 0 Å². The van der Waals surface area contributed by atoms with Gasteiger partial charge in [-0.25, -0.2) is 17.4 Å². The van der Waals surface area contributed by atoms with Gasteiger partial charge in [-0.3, -0.25) is 9.59 Å². The molecule has 8 nitrogen and oxygen atoms in total. The second-order valence-electron chi connectivity index (χ2n) is 6.47. The van der Waals surface area contributed by atoms with Crippen LogP contribution in [0.1, 0.15) is 16.1 Å². The van der Waals surface area contributed by atoms with Crippen molar-refractivity contribution in [2.45, 2.75) is 11.4 Å². The first-order valence-corrected chi connectivity index (χ1v) is 10.2. The van der Waals surface area contributed by atoms with Crippen LogP contribution in [0.15, 0.2) is 76.4 Å². The summed E-state index contributed by atoms with van der Waals surface area (Å²) < 4.78 is 26.8. The van der Waals surface area contributed by atoms with E-state index >= 15 is 0 Å². The van der Waals surface area contributed by atoms with Gasteiger partial charge in [0.05, 0.1) is 11.4 Å². The van der Waals surface area contributed by atoms with Crippen LogP contribution in [0.2, 0.25) is 0 Å². The number of anilines is 1. The van der Waals surface area contributed by atoms with Crippen LogP contribution in [-0.4, -0.2) is 42.5 Å². The molecule has 0 radical (unpaired) electrons. The molecule has 0 aliphatic carbocycles. The predicted molar refractivity (Wildman–Crippen MR) is 109 cm³/mol. The third kappa shape index (κ3) is 4.76. The molecule has 1 aromatic heterocycles. The first-order valence-electron chi connectivity index (χ1n) is 8.73. The molecular weight excluding hydrogens is 392 g/mol. The quantitative estimate of drug-likeness (QED) is 0.665. The fourth-order valence-electron chi connectivity index (χ4n) is 2.58. The van der Waals surface area contributed by atoms with Crippen LogP contribution in [0.5, 0.6) is 0 Å². The average Bonchev–Trinajstić information content (AvgIpc) is 2.70. The van der Waals surface area contributed by atoms with E-state index in [1.165, 1.54) is 49.1 Å². The molecular formula is C20H20N4O4S. The lowest BCUT2D eigenvalue weighted by molar-refractivity contribution is 0.102. The van der Waals surface area contributed by atoms with Gasteiger partial charge in [0.1, 0.15) is 5.69 Å². The molecule has 3 aromatic rings. The zero-order valence-electron chi connectivity index (χ0n) is 15.9. The topological polar surface area (TPSA) is 101 Å². The minimum atomic E-state index is -3.63. The minimum absolute atomic E-state index is 0.0430. The molecule has 0 bridgehead atoms. The van der Waals surface area contributed by atoms with Crippen LogP contribution in [0.25, 0.3) is 0 Å². The Labute approximate surface area is 168 Å². The van der Waals surface area contributed by atoms with E-state index in [0.29, 0.717) is 5.69 Å². The fourth-order valence-corrected chi connectivity index (χ4v) is 3.53.